The molecule has 2 N–H and O–H groups in total. The van der Waals surface area contributed by atoms with E-state index in [0.717, 1.165) is 5.56 Å². The Kier molecular flexibility index (Phi) is 5.65. The maximum atomic E-state index is 12.2. The van der Waals surface area contributed by atoms with E-state index in [2.05, 4.69) is 10.4 Å². The molecule has 0 spiro atoms. The summed E-state index contributed by atoms with van der Waals surface area (Å²) in [4.78, 5) is 24.1. The molecule has 0 radical (unpaired) electrons. The Hall–Kier alpha value is -2.47. The molecule has 2 atom stereocenters. The van der Waals surface area contributed by atoms with Crippen LogP contribution in [0.25, 0.3) is 0 Å². The van der Waals surface area contributed by atoms with E-state index in [-0.39, 0.29) is 35.7 Å². The fourth-order valence-corrected chi connectivity index (χ4v) is 2.02. The van der Waals surface area contributed by atoms with Gasteiger partial charge in [0.05, 0.1) is 6.54 Å². The zero-order valence-electron chi connectivity index (χ0n) is 13.3. The Bertz CT molecular complexity index is 713. The van der Waals surface area contributed by atoms with Gasteiger partial charge in [-0.05, 0) is 24.5 Å². The quantitative estimate of drug-likeness (QED) is 0.834. The minimum Gasteiger partial charge on any atom is -0.396 e. The molecular formula is C17H21N3O3. The molecule has 23 heavy (non-hydrogen) atoms. The van der Waals surface area contributed by atoms with Gasteiger partial charge in [-0.2, -0.15) is 5.10 Å². The van der Waals surface area contributed by atoms with Crippen LogP contribution in [0, 0.1) is 5.92 Å². The van der Waals surface area contributed by atoms with Crippen molar-refractivity contribution in [3.8, 4) is 0 Å². The lowest BCUT2D eigenvalue weighted by molar-refractivity contribution is 0.0908. The molecule has 6 nitrogen and oxygen atoms in total. The number of rotatable bonds is 6. The summed E-state index contributed by atoms with van der Waals surface area (Å²) in [5, 5.41) is 16.0. The summed E-state index contributed by atoms with van der Waals surface area (Å²) >= 11 is 0. The first kappa shape index (κ1) is 16.9. The van der Waals surface area contributed by atoms with E-state index in [1.165, 1.54) is 16.8 Å². The first-order valence-corrected chi connectivity index (χ1v) is 7.55. The summed E-state index contributed by atoms with van der Waals surface area (Å²) in [6.45, 7) is 3.96. The number of nitrogens with one attached hydrogen (secondary N) is 1. The number of amides is 1. The van der Waals surface area contributed by atoms with Gasteiger partial charge < -0.3 is 10.4 Å². The van der Waals surface area contributed by atoms with E-state index in [1.807, 2.05) is 44.2 Å². The van der Waals surface area contributed by atoms with Crippen LogP contribution in [0.4, 0.5) is 0 Å². The highest BCUT2D eigenvalue weighted by atomic mass is 16.3. The van der Waals surface area contributed by atoms with Crippen molar-refractivity contribution in [3.63, 3.8) is 0 Å². The molecule has 2 rings (SSSR count). The van der Waals surface area contributed by atoms with Gasteiger partial charge in [0, 0.05) is 18.7 Å². The van der Waals surface area contributed by atoms with Crippen LogP contribution in [0.3, 0.4) is 0 Å². The summed E-state index contributed by atoms with van der Waals surface area (Å²) in [6, 6.07) is 12.0. The average molecular weight is 315 g/mol. The molecule has 1 aromatic carbocycles. The number of benzene rings is 1. The second kappa shape index (κ2) is 7.69. The molecule has 1 heterocycles. The molecule has 2 unspecified atom stereocenters. The van der Waals surface area contributed by atoms with Crippen molar-refractivity contribution in [2.24, 2.45) is 5.92 Å². The summed E-state index contributed by atoms with van der Waals surface area (Å²) in [5.74, 6) is -0.422. The highest BCUT2D eigenvalue weighted by Crippen LogP contribution is 2.03. The molecule has 0 aliphatic heterocycles. The van der Waals surface area contributed by atoms with Gasteiger partial charge in [-0.15, -0.1) is 0 Å². The summed E-state index contributed by atoms with van der Waals surface area (Å²) in [5.41, 5.74) is 0.849. The van der Waals surface area contributed by atoms with Crippen LogP contribution in [-0.4, -0.2) is 33.4 Å². The Morgan fingerprint density at radius 3 is 2.57 bits per heavy atom. The maximum Gasteiger partial charge on any atom is 0.271 e. The predicted molar refractivity (Wildman–Crippen MR) is 87.2 cm³/mol. The van der Waals surface area contributed by atoms with Crippen molar-refractivity contribution in [1.29, 1.82) is 0 Å². The number of aliphatic hydroxyl groups excluding tert-OH is 1. The van der Waals surface area contributed by atoms with Gasteiger partial charge >= 0.3 is 0 Å². The number of carbonyl (C=O) groups excluding carboxylic acids is 1. The normalized spacial score (nSPS) is 13.3. The summed E-state index contributed by atoms with van der Waals surface area (Å²) in [7, 11) is 0. The number of hydrogen-bond donors (Lipinski definition) is 2. The van der Waals surface area contributed by atoms with Crippen molar-refractivity contribution < 1.29 is 9.90 Å². The smallest absolute Gasteiger partial charge is 0.271 e. The molecule has 0 fully saturated rings. The average Bonchev–Trinajstić information content (AvgIpc) is 2.56. The lowest BCUT2D eigenvalue weighted by Gasteiger charge is -2.19. The number of aliphatic hydroxyl groups is 1. The molecule has 0 saturated carbocycles. The van der Waals surface area contributed by atoms with E-state index in [4.69, 9.17) is 5.11 Å². The fraction of sp³-hybridized carbons (Fsp3) is 0.353. The zero-order chi connectivity index (χ0) is 16.8. The van der Waals surface area contributed by atoms with Gasteiger partial charge in [-0.25, -0.2) is 4.68 Å². The van der Waals surface area contributed by atoms with Gasteiger partial charge in [0.15, 0.2) is 0 Å². The number of carbonyl (C=O) groups is 1. The summed E-state index contributed by atoms with van der Waals surface area (Å²) < 4.78 is 1.27. The maximum absolute atomic E-state index is 12.2. The van der Waals surface area contributed by atoms with E-state index < -0.39 is 0 Å². The fourth-order valence-electron chi connectivity index (χ4n) is 2.02. The van der Waals surface area contributed by atoms with Crippen LogP contribution in [0.2, 0.25) is 0 Å². The number of nitrogens with zero attached hydrogens (tertiary/aromatic N) is 2. The van der Waals surface area contributed by atoms with Gasteiger partial charge in [0.25, 0.3) is 11.5 Å². The molecule has 6 heteroatoms. The Labute approximate surface area is 134 Å². The van der Waals surface area contributed by atoms with E-state index in [9.17, 15) is 9.59 Å². The van der Waals surface area contributed by atoms with Crippen LogP contribution in [0.5, 0.6) is 0 Å². The molecule has 0 bridgehead atoms. The van der Waals surface area contributed by atoms with E-state index in [1.54, 1.807) is 0 Å². The molecule has 1 amide bonds. The largest absolute Gasteiger partial charge is 0.396 e. The molecule has 122 valence electrons. The molecule has 2 aromatic rings. The summed E-state index contributed by atoms with van der Waals surface area (Å²) in [6.07, 6.45) is 0. The standard InChI is InChI=1S/C17H21N3O3/c1-12(11-21)13(2)18-17(23)15-8-9-16(22)20(19-15)10-14-6-4-3-5-7-14/h3-9,12-13,21H,10-11H2,1-2H3,(H,18,23). The van der Waals surface area contributed by atoms with Crippen LogP contribution in [-0.2, 0) is 6.54 Å². The molecule has 0 aliphatic rings. The Morgan fingerprint density at radius 2 is 1.91 bits per heavy atom. The van der Waals surface area contributed by atoms with Crippen LogP contribution in [0.15, 0.2) is 47.3 Å². The van der Waals surface area contributed by atoms with Gasteiger partial charge in [-0.1, -0.05) is 37.3 Å². The molecular weight excluding hydrogens is 294 g/mol. The molecule has 0 saturated heterocycles. The van der Waals surface area contributed by atoms with Crippen molar-refractivity contribution >= 4 is 5.91 Å². The van der Waals surface area contributed by atoms with Crippen LogP contribution in [0.1, 0.15) is 29.9 Å². The topological polar surface area (TPSA) is 84.2 Å². The minimum atomic E-state index is -0.361. The Morgan fingerprint density at radius 1 is 1.22 bits per heavy atom. The first-order valence-electron chi connectivity index (χ1n) is 7.55. The monoisotopic (exact) mass is 315 g/mol. The van der Waals surface area contributed by atoms with E-state index >= 15 is 0 Å². The van der Waals surface area contributed by atoms with Crippen molar-refractivity contribution in [3.05, 3.63) is 64.1 Å². The highest BCUT2D eigenvalue weighted by molar-refractivity contribution is 5.92. The third-order valence-corrected chi connectivity index (χ3v) is 3.77. The highest BCUT2D eigenvalue weighted by Gasteiger charge is 2.16. The lowest BCUT2D eigenvalue weighted by atomic mass is 10.1. The SMILES string of the molecule is CC(CO)C(C)NC(=O)c1ccc(=O)n(Cc2ccccc2)n1. The first-order chi connectivity index (χ1) is 11.0. The second-order valence-electron chi connectivity index (χ2n) is 5.62. The minimum absolute atomic E-state index is 0.0115. The zero-order valence-corrected chi connectivity index (χ0v) is 13.3. The van der Waals surface area contributed by atoms with Crippen molar-refractivity contribution in [2.75, 3.05) is 6.61 Å². The van der Waals surface area contributed by atoms with Crippen LogP contribution < -0.4 is 10.9 Å². The predicted octanol–water partition coefficient (Wildman–Crippen LogP) is 1.04. The van der Waals surface area contributed by atoms with Gasteiger partial charge in [0.2, 0.25) is 0 Å². The van der Waals surface area contributed by atoms with Gasteiger partial charge in [0.1, 0.15) is 5.69 Å². The molecule has 0 aliphatic carbocycles. The lowest BCUT2D eigenvalue weighted by Crippen LogP contribution is -2.39. The third-order valence-electron chi connectivity index (χ3n) is 3.77. The van der Waals surface area contributed by atoms with Crippen molar-refractivity contribution in [2.45, 2.75) is 26.4 Å². The second-order valence-corrected chi connectivity index (χ2v) is 5.62. The number of hydrogen-bond acceptors (Lipinski definition) is 4. The number of aromatic nitrogens is 2. The van der Waals surface area contributed by atoms with Crippen LogP contribution >= 0.6 is 0 Å². The third kappa shape index (κ3) is 4.50. The van der Waals surface area contributed by atoms with E-state index in [0.29, 0.717) is 6.54 Å². The Balaban J connectivity index is 2.16. The van der Waals surface area contributed by atoms with Crippen molar-refractivity contribution in [1.82, 2.24) is 15.1 Å². The van der Waals surface area contributed by atoms with Gasteiger partial charge in [-0.3, -0.25) is 9.59 Å². The molecule has 1 aromatic heterocycles.